The Bertz CT molecular complexity index is 1290. The number of halogens is 3. The predicted octanol–water partition coefficient (Wildman–Crippen LogP) is 12.7. The molecule has 3 rings (SSSR count). The maximum Gasteiger partial charge on any atom is 0.414 e. The molecule has 0 fully saturated rings. The molecule has 49 heavy (non-hydrogen) atoms. The molecular formula is C42H58F3NO3. The fourth-order valence-corrected chi connectivity index (χ4v) is 5.88. The summed E-state index contributed by atoms with van der Waals surface area (Å²) < 4.78 is 47.5. The van der Waals surface area contributed by atoms with Gasteiger partial charge in [-0.15, -0.1) is 0 Å². The van der Waals surface area contributed by atoms with Gasteiger partial charge in [-0.1, -0.05) is 133 Å². The first-order valence-corrected chi connectivity index (χ1v) is 18.8. The van der Waals surface area contributed by atoms with E-state index < -0.39 is 12.3 Å². The lowest BCUT2D eigenvalue weighted by molar-refractivity contribution is -0.214. The van der Waals surface area contributed by atoms with Crippen LogP contribution in [0.25, 0.3) is 22.4 Å². The Morgan fingerprint density at radius 2 is 1.14 bits per heavy atom. The van der Waals surface area contributed by atoms with Crippen LogP contribution >= 0.6 is 0 Å². The molecular weight excluding hydrogens is 623 g/mol. The molecule has 0 radical (unpaired) electrons. The summed E-state index contributed by atoms with van der Waals surface area (Å²) in [5, 5.41) is 0. The van der Waals surface area contributed by atoms with Gasteiger partial charge in [0.25, 0.3) is 0 Å². The summed E-state index contributed by atoms with van der Waals surface area (Å²) in [5.74, 6) is -0.389. The number of carbonyl (C=O) groups excluding carboxylic acids is 1. The largest absolute Gasteiger partial charge is 0.462 e. The van der Waals surface area contributed by atoms with Crippen molar-refractivity contribution in [2.75, 3.05) is 13.2 Å². The minimum absolute atomic E-state index is 0.0672. The van der Waals surface area contributed by atoms with Crippen LogP contribution in [0.2, 0.25) is 0 Å². The van der Waals surface area contributed by atoms with Gasteiger partial charge in [-0.2, -0.15) is 13.2 Å². The van der Waals surface area contributed by atoms with Gasteiger partial charge in [0.15, 0.2) is 6.10 Å². The number of esters is 1. The molecule has 0 aliphatic rings. The average molecular weight is 682 g/mol. The number of rotatable bonds is 25. The second-order valence-electron chi connectivity index (χ2n) is 13.3. The van der Waals surface area contributed by atoms with Crippen molar-refractivity contribution in [3.8, 4) is 22.4 Å². The molecule has 0 saturated carbocycles. The van der Waals surface area contributed by atoms with E-state index in [0.717, 1.165) is 42.1 Å². The third-order valence-electron chi connectivity index (χ3n) is 9.14. The number of aryl methyl sites for hydroxylation is 1. The SMILES string of the molecule is CCCCCCCCCCCCCCCc1ccc(-c2ccc(-c3ccc(C(=O)OCCCCCCOC(C)C(F)(F)F)cc3)cn2)cc1. The normalized spacial score (nSPS) is 12.3. The maximum atomic E-state index is 12.4. The van der Waals surface area contributed by atoms with Crippen LogP contribution in [0, 0.1) is 0 Å². The van der Waals surface area contributed by atoms with Crippen molar-refractivity contribution < 1.29 is 27.4 Å². The first-order valence-electron chi connectivity index (χ1n) is 18.8. The van der Waals surface area contributed by atoms with Gasteiger partial charge in [-0.25, -0.2) is 4.79 Å². The minimum atomic E-state index is -4.33. The highest BCUT2D eigenvalue weighted by atomic mass is 19.4. The van der Waals surface area contributed by atoms with Crippen molar-refractivity contribution in [2.45, 2.75) is 142 Å². The average Bonchev–Trinajstić information content (AvgIpc) is 3.11. The lowest BCUT2D eigenvalue weighted by atomic mass is 10.0. The highest BCUT2D eigenvalue weighted by Crippen LogP contribution is 2.25. The number of ether oxygens (including phenoxy) is 2. The third kappa shape index (κ3) is 16.4. The second-order valence-corrected chi connectivity index (χ2v) is 13.3. The van der Waals surface area contributed by atoms with E-state index in [1.165, 1.54) is 89.0 Å². The Morgan fingerprint density at radius 1 is 0.633 bits per heavy atom. The van der Waals surface area contributed by atoms with E-state index >= 15 is 0 Å². The molecule has 1 atom stereocenters. The van der Waals surface area contributed by atoms with E-state index in [2.05, 4.69) is 31.2 Å². The van der Waals surface area contributed by atoms with Gasteiger partial charge < -0.3 is 9.47 Å². The summed E-state index contributed by atoms with van der Waals surface area (Å²) in [7, 11) is 0. The van der Waals surface area contributed by atoms with Gasteiger partial charge in [-0.05, 0) is 68.4 Å². The number of hydrogen-bond acceptors (Lipinski definition) is 4. The molecule has 1 unspecified atom stereocenters. The van der Waals surface area contributed by atoms with Crippen LogP contribution in [0.3, 0.4) is 0 Å². The lowest BCUT2D eigenvalue weighted by Crippen LogP contribution is -2.28. The molecule has 0 N–H and O–H groups in total. The Kier molecular flexibility index (Phi) is 19.1. The third-order valence-corrected chi connectivity index (χ3v) is 9.14. The van der Waals surface area contributed by atoms with Gasteiger partial charge in [-0.3, -0.25) is 4.98 Å². The van der Waals surface area contributed by atoms with Gasteiger partial charge in [0.05, 0.1) is 17.9 Å². The predicted molar refractivity (Wildman–Crippen MR) is 195 cm³/mol. The van der Waals surface area contributed by atoms with E-state index in [9.17, 15) is 18.0 Å². The monoisotopic (exact) mass is 681 g/mol. The van der Waals surface area contributed by atoms with Crippen LogP contribution in [-0.2, 0) is 15.9 Å². The first-order chi connectivity index (χ1) is 23.8. The molecule has 0 amide bonds. The number of pyridine rings is 1. The summed E-state index contributed by atoms with van der Waals surface area (Å²) in [5.41, 5.74) is 5.82. The number of carbonyl (C=O) groups is 1. The smallest absolute Gasteiger partial charge is 0.414 e. The van der Waals surface area contributed by atoms with Gasteiger partial charge >= 0.3 is 12.1 Å². The molecule has 0 saturated heterocycles. The van der Waals surface area contributed by atoms with E-state index in [-0.39, 0.29) is 19.2 Å². The van der Waals surface area contributed by atoms with Crippen molar-refractivity contribution >= 4 is 5.97 Å². The number of benzene rings is 2. The van der Waals surface area contributed by atoms with Crippen LogP contribution in [-0.4, -0.2) is 36.4 Å². The summed E-state index contributed by atoms with van der Waals surface area (Å²) in [6, 6.07) is 20.1. The molecule has 0 spiro atoms. The van der Waals surface area contributed by atoms with E-state index in [0.29, 0.717) is 24.8 Å². The first kappa shape index (κ1) is 40.2. The van der Waals surface area contributed by atoms with Crippen LogP contribution in [0.4, 0.5) is 13.2 Å². The zero-order valence-electron chi connectivity index (χ0n) is 29.9. The van der Waals surface area contributed by atoms with Crippen molar-refractivity contribution in [1.82, 2.24) is 4.98 Å². The minimum Gasteiger partial charge on any atom is -0.462 e. The zero-order chi connectivity index (χ0) is 35.2. The highest BCUT2D eigenvalue weighted by molar-refractivity contribution is 5.90. The van der Waals surface area contributed by atoms with Crippen LogP contribution < -0.4 is 0 Å². The summed E-state index contributed by atoms with van der Waals surface area (Å²) >= 11 is 0. The highest BCUT2D eigenvalue weighted by Gasteiger charge is 2.36. The van der Waals surface area contributed by atoms with Gasteiger partial charge in [0.2, 0.25) is 0 Å². The Hall–Kier alpha value is -3.19. The summed E-state index contributed by atoms with van der Waals surface area (Å²) in [4.78, 5) is 17.1. The van der Waals surface area contributed by atoms with Gasteiger partial charge in [0.1, 0.15) is 0 Å². The number of nitrogens with zero attached hydrogens (tertiary/aromatic N) is 1. The zero-order valence-corrected chi connectivity index (χ0v) is 29.9. The number of unbranched alkanes of at least 4 members (excludes halogenated alkanes) is 15. The second kappa shape index (κ2) is 23.3. The van der Waals surface area contributed by atoms with Crippen LogP contribution in [0.1, 0.15) is 139 Å². The molecule has 3 aromatic rings. The maximum absolute atomic E-state index is 12.4. The van der Waals surface area contributed by atoms with Crippen molar-refractivity contribution in [3.05, 3.63) is 78.0 Å². The lowest BCUT2D eigenvalue weighted by Gasteiger charge is -2.16. The number of alkyl halides is 3. The molecule has 0 aliphatic carbocycles. The summed E-state index contributed by atoms with van der Waals surface area (Å²) in [6.45, 7) is 3.63. The fraction of sp³-hybridized carbons (Fsp3) is 0.571. The van der Waals surface area contributed by atoms with Crippen molar-refractivity contribution in [2.24, 2.45) is 0 Å². The standard InChI is InChI=1S/C42H58F3NO3/c1-3-4-5-6-7-8-9-10-11-12-13-14-17-20-35-21-23-37(24-22-35)40-30-29-39(33-46-40)36-25-27-38(28-26-36)41(47)49-32-19-16-15-18-31-48-34(2)42(43,44)45/h21-30,33-34H,3-20,31-32H2,1-2H3. The van der Waals surface area contributed by atoms with Crippen LogP contribution in [0.15, 0.2) is 66.9 Å². The molecule has 270 valence electrons. The van der Waals surface area contributed by atoms with E-state index in [1.54, 1.807) is 12.1 Å². The number of aromatic nitrogens is 1. The number of hydrogen-bond donors (Lipinski definition) is 0. The van der Waals surface area contributed by atoms with E-state index in [1.807, 2.05) is 30.5 Å². The molecule has 7 heteroatoms. The molecule has 0 aliphatic heterocycles. The van der Waals surface area contributed by atoms with E-state index in [4.69, 9.17) is 14.5 Å². The Labute approximate surface area is 293 Å². The Balaban J connectivity index is 1.28. The molecule has 2 aromatic carbocycles. The topological polar surface area (TPSA) is 48.4 Å². The molecule has 0 bridgehead atoms. The summed E-state index contributed by atoms with van der Waals surface area (Å²) in [6.07, 6.45) is 17.4. The quantitative estimate of drug-likeness (QED) is 0.0660. The van der Waals surface area contributed by atoms with Gasteiger partial charge in [0, 0.05) is 23.9 Å². The molecule has 4 nitrogen and oxygen atoms in total. The Morgan fingerprint density at radius 3 is 1.69 bits per heavy atom. The van der Waals surface area contributed by atoms with Crippen LogP contribution in [0.5, 0.6) is 0 Å². The van der Waals surface area contributed by atoms with Crippen molar-refractivity contribution in [3.63, 3.8) is 0 Å². The fourth-order valence-electron chi connectivity index (χ4n) is 5.88. The van der Waals surface area contributed by atoms with Crippen molar-refractivity contribution in [1.29, 1.82) is 0 Å². The molecule has 1 aromatic heterocycles. The molecule has 1 heterocycles.